The molecule has 1 aliphatic heterocycles. The molecule has 1 aromatic carbocycles. The highest BCUT2D eigenvalue weighted by atomic mass is 16.3. The number of aryl methyl sites for hydroxylation is 1. The summed E-state index contributed by atoms with van der Waals surface area (Å²) in [6.45, 7) is 11.2. The van der Waals surface area contributed by atoms with Gasteiger partial charge in [-0.3, -0.25) is 4.79 Å². The number of benzene rings is 1. The van der Waals surface area contributed by atoms with Gasteiger partial charge in [-0.2, -0.15) is 0 Å². The third-order valence-electron chi connectivity index (χ3n) is 5.89. The summed E-state index contributed by atoms with van der Waals surface area (Å²) in [6.07, 6.45) is 8.90. The maximum absolute atomic E-state index is 13.1. The summed E-state index contributed by atoms with van der Waals surface area (Å²) >= 11 is 0. The monoisotopic (exact) mass is 465 g/mol. The summed E-state index contributed by atoms with van der Waals surface area (Å²) in [5.74, 6) is 0.431. The maximum atomic E-state index is 13.1. The first-order valence-electron chi connectivity index (χ1n) is 12.3. The van der Waals surface area contributed by atoms with Crippen LogP contribution in [-0.4, -0.2) is 29.9 Å². The number of nitrogens with zero attached hydrogens (tertiary/aromatic N) is 1. The van der Waals surface area contributed by atoms with Crippen molar-refractivity contribution in [2.24, 2.45) is 5.92 Å². The lowest BCUT2D eigenvalue weighted by Crippen LogP contribution is -2.50. The van der Waals surface area contributed by atoms with Gasteiger partial charge in [0.05, 0.1) is 18.7 Å². The largest absolute Gasteiger partial charge is 0.467 e. The highest BCUT2D eigenvalue weighted by Crippen LogP contribution is 2.31. The summed E-state index contributed by atoms with van der Waals surface area (Å²) < 4.78 is 5.31. The van der Waals surface area contributed by atoms with Crippen molar-refractivity contribution in [2.45, 2.75) is 59.9 Å². The van der Waals surface area contributed by atoms with E-state index in [-0.39, 0.29) is 23.8 Å². The number of urea groups is 1. The van der Waals surface area contributed by atoms with Gasteiger partial charge in [0.1, 0.15) is 5.76 Å². The predicted octanol–water partition coefficient (Wildman–Crippen LogP) is 5.78. The molecule has 3 amide bonds. The van der Waals surface area contributed by atoms with E-state index < -0.39 is 0 Å². The molecule has 0 radical (unpaired) electrons. The molecule has 34 heavy (non-hydrogen) atoms. The van der Waals surface area contributed by atoms with Gasteiger partial charge in [0.25, 0.3) is 0 Å². The number of carbonyl (C=O) groups excluding carboxylic acids is 2. The van der Waals surface area contributed by atoms with Gasteiger partial charge >= 0.3 is 6.03 Å². The fraction of sp³-hybridized carbons (Fsp3) is 0.429. The summed E-state index contributed by atoms with van der Waals surface area (Å²) in [5, 5.41) is 5.92. The molecule has 2 N–H and O–H groups in total. The summed E-state index contributed by atoms with van der Waals surface area (Å²) in [7, 11) is 0. The number of allylic oxidation sites excluding steroid dienone is 3. The van der Waals surface area contributed by atoms with Crippen molar-refractivity contribution in [1.29, 1.82) is 0 Å². The molecule has 3 rings (SSSR count). The van der Waals surface area contributed by atoms with Crippen molar-refractivity contribution in [1.82, 2.24) is 15.5 Å². The van der Waals surface area contributed by atoms with Crippen LogP contribution in [0.5, 0.6) is 0 Å². The van der Waals surface area contributed by atoms with Crippen LogP contribution in [0.15, 0.2) is 71.0 Å². The zero-order valence-electron chi connectivity index (χ0n) is 21.1. The van der Waals surface area contributed by atoms with Gasteiger partial charge in [-0.1, -0.05) is 57.2 Å². The van der Waals surface area contributed by atoms with Crippen molar-refractivity contribution < 1.29 is 14.0 Å². The van der Waals surface area contributed by atoms with Gasteiger partial charge in [-0.05, 0) is 56.0 Å². The third kappa shape index (κ3) is 7.65. The topological polar surface area (TPSA) is 74.6 Å². The van der Waals surface area contributed by atoms with Crippen LogP contribution in [0.4, 0.5) is 4.79 Å². The van der Waals surface area contributed by atoms with Gasteiger partial charge in [-0.15, -0.1) is 0 Å². The van der Waals surface area contributed by atoms with Crippen molar-refractivity contribution in [3.05, 3.63) is 83.5 Å². The number of hydrogen-bond donors (Lipinski definition) is 2. The van der Waals surface area contributed by atoms with Crippen LogP contribution in [0.3, 0.4) is 0 Å². The number of likely N-dealkylation sites (tertiary alicyclic amines) is 1. The van der Waals surface area contributed by atoms with Crippen LogP contribution in [0.1, 0.15) is 63.8 Å². The number of carbonyl (C=O) groups is 2. The van der Waals surface area contributed by atoms with Crippen molar-refractivity contribution >= 4 is 11.9 Å². The molecule has 0 bridgehead atoms. The Hall–Kier alpha value is -3.28. The molecule has 2 unspecified atom stereocenters. The molecule has 1 fully saturated rings. The fourth-order valence-electron chi connectivity index (χ4n) is 4.04. The van der Waals surface area contributed by atoms with Gasteiger partial charge in [0, 0.05) is 24.7 Å². The molecule has 6 nitrogen and oxygen atoms in total. The van der Waals surface area contributed by atoms with Crippen LogP contribution in [0.2, 0.25) is 0 Å². The lowest BCUT2D eigenvalue weighted by Gasteiger charge is -2.37. The number of rotatable bonds is 7. The van der Waals surface area contributed by atoms with E-state index in [9.17, 15) is 9.59 Å². The first-order valence-corrected chi connectivity index (χ1v) is 12.3. The maximum Gasteiger partial charge on any atom is 0.317 e. The van der Waals surface area contributed by atoms with E-state index in [0.717, 1.165) is 17.7 Å². The van der Waals surface area contributed by atoms with Crippen LogP contribution in [0.25, 0.3) is 0 Å². The van der Waals surface area contributed by atoms with E-state index >= 15 is 0 Å². The molecule has 0 spiro atoms. The van der Waals surface area contributed by atoms with Crippen molar-refractivity contribution in [2.75, 3.05) is 13.1 Å². The quantitative estimate of drug-likeness (QED) is 0.509. The second-order valence-electron chi connectivity index (χ2n) is 8.10. The molecule has 0 aliphatic carbocycles. The summed E-state index contributed by atoms with van der Waals surface area (Å²) in [4.78, 5) is 27.8. The first kappa shape index (κ1) is 27.0. The average molecular weight is 466 g/mol. The van der Waals surface area contributed by atoms with Crippen LogP contribution >= 0.6 is 0 Å². The van der Waals surface area contributed by atoms with E-state index in [0.29, 0.717) is 31.8 Å². The minimum Gasteiger partial charge on any atom is -0.467 e. The highest BCUT2D eigenvalue weighted by molar-refractivity contribution is 5.82. The molecule has 184 valence electrons. The van der Waals surface area contributed by atoms with E-state index in [1.165, 1.54) is 5.56 Å². The van der Waals surface area contributed by atoms with Crippen LogP contribution in [0, 0.1) is 5.92 Å². The number of hydrogen-bond acceptors (Lipinski definition) is 3. The lowest BCUT2D eigenvalue weighted by molar-refractivity contribution is -0.125. The van der Waals surface area contributed by atoms with Crippen molar-refractivity contribution in [3.63, 3.8) is 0 Å². The molecule has 1 aliphatic rings. The number of piperidine rings is 1. The van der Waals surface area contributed by atoms with Crippen LogP contribution in [-0.2, 0) is 17.8 Å². The molecule has 2 aromatic rings. The zero-order valence-corrected chi connectivity index (χ0v) is 21.1. The number of furan rings is 1. The first-order chi connectivity index (χ1) is 16.5. The summed E-state index contributed by atoms with van der Waals surface area (Å²) in [5.41, 5.74) is 3.19. The Bertz CT molecular complexity index is 946. The SMILES string of the molecule is C/C=C\C(=C/C)NC(=O)C1CC(c2ccc(CC)cc2)CN(C(=O)NCc2ccco2)C1.CC. The lowest BCUT2D eigenvalue weighted by atomic mass is 9.83. The summed E-state index contributed by atoms with van der Waals surface area (Å²) in [6, 6.07) is 11.9. The standard InChI is InChI=1S/C26H33N3O3.C2H6/c1-4-8-23(6-3)28-25(30)22-15-21(20-12-10-19(5-2)11-13-20)17-29(18-22)26(31)27-16-24-9-7-14-32-24;1-2/h4,6-14,21-22H,5,15-18H2,1-3H3,(H,27,31)(H,28,30);1-2H3/b8-4-,23-6+;. The Morgan fingerprint density at radius 3 is 2.44 bits per heavy atom. The zero-order chi connectivity index (χ0) is 24.9. The molecular formula is C28H39N3O3. The Kier molecular flexibility index (Phi) is 11.2. The second kappa shape index (κ2) is 14.1. The van der Waals surface area contributed by atoms with Crippen molar-refractivity contribution in [3.8, 4) is 0 Å². The Morgan fingerprint density at radius 1 is 1.12 bits per heavy atom. The molecule has 6 heteroatoms. The minimum absolute atomic E-state index is 0.0603. The number of nitrogens with one attached hydrogen (secondary N) is 2. The molecule has 0 saturated carbocycles. The van der Waals surface area contributed by atoms with Gasteiger partial charge in [0.15, 0.2) is 0 Å². The average Bonchev–Trinajstić information content (AvgIpc) is 3.41. The van der Waals surface area contributed by atoms with E-state index in [2.05, 4.69) is 41.8 Å². The molecule has 2 atom stereocenters. The number of amides is 3. The van der Waals surface area contributed by atoms with E-state index in [1.54, 1.807) is 17.2 Å². The smallest absolute Gasteiger partial charge is 0.317 e. The molecule has 1 aromatic heterocycles. The predicted molar refractivity (Wildman–Crippen MR) is 137 cm³/mol. The fourth-order valence-corrected chi connectivity index (χ4v) is 4.04. The van der Waals surface area contributed by atoms with E-state index in [4.69, 9.17) is 4.42 Å². The Balaban J connectivity index is 0.00000199. The van der Waals surface area contributed by atoms with Gasteiger partial charge in [0.2, 0.25) is 5.91 Å². The van der Waals surface area contributed by atoms with E-state index in [1.807, 2.05) is 52.0 Å². The van der Waals surface area contributed by atoms with Gasteiger partial charge < -0.3 is 20.0 Å². The Morgan fingerprint density at radius 2 is 1.85 bits per heavy atom. The highest BCUT2D eigenvalue weighted by Gasteiger charge is 2.34. The van der Waals surface area contributed by atoms with Crippen LogP contribution < -0.4 is 10.6 Å². The molecule has 2 heterocycles. The molecule has 1 saturated heterocycles. The second-order valence-corrected chi connectivity index (χ2v) is 8.10. The normalized spacial score (nSPS) is 18.3. The molecular weight excluding hydrogens is 426 g/mol. The minimum atomic E-state index is -0.297. The third-order valence-corrected chi connectivity index (χ3v) is 5.89. The Labute approximate surface area is 204 Å². The van der Waals surface area contributed by atoms with Gasteiger partial charge in [-0.25, -0.2) is 4.79 Å².